The summed E-state index contributed by atoms with van der Waals surface area (Å²) in [5, 5.41) is 5.47. The van der Waals surface area contributed by atoms with Gasteiger partial charge in [-0.3, -0.25) is 10.1 Å². The molecule has 0 aliphatic heterocycles. The van der Waals surface area contributed by atoms with Crippen molar-refractivity contribution in [2.24, 2.45) is 0 Å². The summed E-state index contributed by atoms with van der Waals surface area (Å²) in [5.41, 5.74) is 8.36. The van der Waals surface area contributed by atoms with Gasteiger partial charge in [-0.05, 0) is 36.6 Å². The van der Waals surface area contributed by atoms with Crippen LogP contribution in [0.1, 0.15) is 30.0 Å². The number of benzene rings is 1. The summed E-state index contributed by atoms with van der Waals surface area (Å²) in [6, 6.07) is 7.35. The monoisotopic (exact) mass is 285 g/mol. The van der Waals surface area contributed by atoms with E-state index >= 15 is 0 Å². The Kier molecular flexibility index (Phi) is 3.52. The average molecular weight is 285 g/mol. The third-order valence-electron chi connectivity index (χ3n) is 3.11. The number of carbonyl (C=O) groups excluding carboxylic acids is 1. The largest absolute Gasteiger partial charge is 0.399 e. The number of nitrogens with zero attached hydrogens (tertiary/aromatic N) is 1. The minimum absolute atomic E-state index is 0.168. The van der Waals surface area contributed by atoms with E-state index < -0.39 is 0 Å². The molecule has 1 aliphatic rings. The van der Waals surface area contributed by atoms with Gasteiger partial charge in [-0.2, -0.15) is 0 Å². The van der Waals surface area contributed by atoms with Gasteiger partial charge >= 0.3 is 0 Å². The summed E-state index contributed by atoms with van der Waals surface area (Å²) in [4.78, 5) is 16.2. The first-order chi connectivity index (χ1) is 9.70. The minimum Gasteiger partial charge on any atom is -0.399 e. The maximum atomic E-state index is 11.8. The lowest BCUT2D eigenvalue weighted by molar-refractivity contribution is -0.111. The van der Waals surface area contributed by atoms with Crippen molar-refractivity contribution < 1.29 is 4.79 Å². The Morgan fingerprint density at radius 1 is 1.35 bits per heavy atom. The summed E-state index contributed by atoms with van der Waals surface area (Å²) in [7, 11) is 0. The van der Waals surface area contributed by atoms with Crippen LogP contribution in [-0.2, 0) is 4.79 Å². The second-order valence-corrected chi connectivity index (χ2v) is 5.70. The number of anilines is 2. The molecule has 0 spiro atoms. The van der Waals surface area contributed by atoms with E-state index in [0.29, 0.717) is 16.7 Å². The Labute approximate surface area is 121 Å². The summed E-state index contributed by atoms with van der Waals surface area (Å²) in [6.45, 7) is 0. The first-order valence-corrected chi connectivity index (χ1v) is 7.39. The molecule has 0 saturated heterocycles. The molecule has 3 N–H and O–H groups in total. The van der Waals surface area contributed by atoms with E-state index in [-0.39, 0.29) is 5.91 Å². The van der Waals surface area contributed by atoms with Crippen molar-refractivity contribution in [3.05, 3.63) is 47.0 Å². The molecule has 4 nitrogen and oxygen atoms in total. The van der Waals surface area contributed by atoms with Crippen LogP contribution in [0.4, 0.5) is 10.8 Å². The lowest BCUT2D eigenvalue weighted by atomic mass is 10.2. The van der Waals surface area contributed by atoms with Crippen LogP contribution in [0.3, 0.4) is 0 Å². The van der Waals surface area contributed by atoms with Crippen molar-refractivity contribution in [3.63, 3.8) is 0 Å². The van der Waals surface area contributed by atoms with E-state index in [1.54, 1.807) is 18.2 Å². The molecule has 0 unspecified atom stereocenters. The van der Waals surface area contributed by atoms with Gasteiger partial charge in [-0.25, -0.2) is 4.98 Å². The number of nitrogens with one attached hydrogen (secondary N) is 1. The van der Waals surface area contributed by atoms with Crippen LogP contribution in [0.2, 0.25) is 0 Å². The van der Waals surface area contributed by atoms with Crippen molar-refractivity contribution in [1.82, 2.24) is 4.98 Å². The van der Waals surface area contributed by atoms with E-state index in [9.17, 15) is 4.79 Å². The Hall–Kier alpha value is -2.14. The first-order valence-electron chi connectivity index (χ1n) is 6.51. The number of thiazole rings is 1. The standard InChI is InChI=1S/C15H15N3OS/c16-12-6-1-10(2-7-12)3-8-14(19)18-15-17-13(9-20-15)11-4-5-11/h1-3,6-9,11H,4-5,16H2,(H,17,18,19)/b8-3+. The van der Waals surface area contributed by atoms with E-state index in [1.807, 2.05) is 17.5 Å². The topological polar surface area (TPSA) is 68.0 Å². The molecule has 0 atom stereocenters. The van der Waals surface area contributed by atoms with E-state index in [2.05, 4.69) is 10.3 Å². The highest BCUT2D eigenvalue weighted by molar-refractivity contribution is 7.14. The summed E-state index contributed by atoms with van der Waals surface area (Å²) < 4.78 is 0. The van der Waals surface area contributed by atoms with Gasteiger partial charge in [-0.1, -0.05) is 12.1 Å². The van der Waals surface area contributed by atoms with Gasteiger partial charge in [0.1, 0.15) is 0 Å². The fraction of sp³-hybridized carbons (Fsp3) is 0.200. The fourth-order valence-corrected chi connectivity index (χ4v) is 2.63. The zero-order chi connectivity index (χ0) is 13.9. The normalized spacial score (nSPS) is 14.6. The van der Waals surface area contributed by atoms with Gasteiger partial charge < -0.3 is 5.73 Å². The van der Waals surface area contributed by atoms with Crippen molar-refractivity contribution in [2.45, 2.75) is 18.8 Å². The second-order valence-electron chi connectivity index (χ2n) is 4.84. The molecule has 0 bridgehead atoms. The number of carbonyl (C=O) groups is 1. The quantitative estimate of drug-likeness (QED) is 0.669. The molecule has 1 amide bonds. The molecule has 1 aromatic carbocycles. The van der Waals surface area contributed by atoms with Gasteiger partial charge in [0.25, 0.3) is 0 Å². The summed E-state index contributed by atoms with van der Waals surface area (Å²) in [5.74, 6) is 0.445. The number of hydrogen-bond acceptors (Lipinski definition) is 4. The van der Waals surface area contributed by atoms with Gasteiger partial charge in [0.15, 0.2) is 5.13 Å². The number of nitrogens with two attached hydrogens (primary N) is 1. The third-order valence-corrected chi connectivity index (χ3v) is 3.89. The molecular formula is C15H15N3OS. The molecule has 1 aromatic heterocycles. The van der Waals surface area contributed by atoms with Crippen LogP contribution >= 0.6 is 11.3 Å². The van der Waals surface area contributed by atoms with Crippen molar-refractivity contribution in [3.8, 4) is 0 Å². The summed E-state index contributed by atoms with van der Waals surface area (Å²) >= 11 is 1.48. The van der Waals surface area contributed by atoms with Crippen molar-refractivity contribution in [2.75, 3.05) is 11.1 Å². The fourth-order valence-electron chi connectivity index (χ4n) is 1.84. The molecule has 3 rings (SSSR count). The van der Waals surface area contributed by atoms with E-state index in [1.165, 1.54) is 30.3 Å². The van der Waals surface area contributed by atoms with Crippen LogP contribution in [0.15, 0.2) is 35.7 Å². The Bertz CT molecular complexity index is 641. The van der Waals surface area contributed by atoms with Crippen LogP contribution < -0.4 is 11.1 Å². The van der Waals surface area contributed by atoms with Gasteiger partial charge in [0, 0.05) is 23.1 Å². The molecule has 1 fully saturated rings. The molecule has 1 heterocycles. The lowest BCUT2D eigenvalue weighted by Crippen LogP contribution is -2.07. The van der Waals surface area contributed by atoms with E-state index in [4.69, 9.17) is 5.73 Å². The molecule has 1 saturated carbocycles. The third kappa shape index (κ3) is 3.24. The molecule has 1 aliphatic carbocycles. The minimum atomic E-state index is -0.168. The highest BCUT2D eigenvalue weighted by Crippen LogP contribution is 2.40. The van der Waals surface area contributed by atoms with Gasteiger partial charge in [0.05, 0.1) is 5.69 Å². The van der Waals surface area contributed by atoms with Crippen LogP contribution in [0, 0.1) is 0 Å². The predicted molar refractivity (Wildman–Crippen MR) is 82.6 cm³/mol. The highest BCUT2D eigenvalue weighted by atomic mass is 32.1. The van der Waals surface area contributed by atoms with Crippen molar-refractivity contribution in [1.29, 1.82) is 0 Å². The maximum absolute atomic E-state index is 11.8. The number of hydrogen-bond donors (Lipinski definition) is 2. The summed E-state index contributed by atoms with van der Waals surface area (Å²) in [6.07, 6.45) is 5.69. The maximum Gasteiger partial charge on any atom is 0.250 e. The average Bonchev–Trinajstić information content (AvgIpc) is 3.19. The Morgan fingerprint density at radius 3 is 2.80 bits per heavy atom. The van der Waals surface area contributed by atoms with Gasteiger partial charge in [0.2, 0.25) is 5.91 Å². The molecule has 102 valence electrons. The molecule has 0 radical (unpaired) electrons. The first kappa shape index (κ1) is 12.9. The Morgan fingerprint density at radius 2 is 2.10 bits per heavy atom. The highest BCUT2D eigenvalue weighted by Gasteiger charge is 2.26. The number of rotatable bonds is 4. The number of amides is 1. The van der Waals surface area contributed by atoms with Gasteiger partial charge in [-0.15, -0.1) is 11.3 Å². The molecule has 2 aromatic rings. The Balaban J connectivity index is 1.59. The predicted octanol–water partition coefficient (Wildman–Crippen LogP) is 3.25. The number of aromatic nitrogens is 1. The van der Waals surface area contributed by atoms with Crippen LogP contribution in [0.5, 0.6) is 0 Å². The van der Waals surface area contributed by atoms with Crippen LogP contribution in [-0.4, -0.2) is 10.9 Å². The number of nitrogen functional groups attached to an aromatic ring is 1. The van der Waals surface area contributed by atoms with Crippen molar-refractivity contribution >= 4 is 34.1 Å². The zero-order valence-electron chi connectivity index (χ0n) is 10.9. The van der Waals surface area contributed by atoms with Crippen LogP contribution in [0.25, 0.3) is 6.08 Å². The smallest absolute Gasteiger partial charge is 0.250 e. The molecular weight excluding hydrogens is 270 g/mol. The lowest BCUT2D eigenvalue weighted by Gasteiger charge is -1.97. The SMILES string of the molecule is Nc1ccc(/C=C/C(=O)Nc2nc(C3CC3)cs2)cc1. The molecule has 20 heavy (non-hydrogen) atoms. The second kappa shape index (κ2) is 5.46. The van der Waals surface area contributed by atoms with E-state index in [0.717, 1.165) is 11.3 Å². The molecule has 5 heteroatoms. The zero-order valence-corrected chi connectivity index (χ0v) is 11.7.